The van der Waals surface area contributed by atoms with Crippen LogP contribution >= 0.6 is 0 Å². The number of hydrogen-bond donors (Lipinski definition) is 1. The summed E-state index contributed by atoms with van der Waals surface area (Å²) in [5, 5.41) is 8.94. The van der Waals surface area contributed by atoms with Crippen molar-refractivity contribution in [3.05, 3.63) is 53.0 Å². The highest BCUT2D eigenvalue weighted by Crippen LogP contribution is 2.11. The third-order valence-corrected chi connectivity index (χ3v) is 2.76. The Labute approximate surface area is 103 Å². The van der Waals surface area contributed by atoms with Gasteiger partial charge >= 0.3 is 5.97 Å². The first kappa shape index (κ1) is 12.1. The van der Waals surface area contributed by atoms with E-state index in [1.807, 2.05) is 6.92 Å². The minimum absolute atomic E-state index is 0.226. The molecule has 0 aliphatic rings. The zero-order valence-electron chi connectivity index (χ0n) is 9.85. The van der Waals surface area contributed by atoms with Crippen molar-refractivity contribution in [2.75, 3.05) is 0 Å². The molecule has 0 saturated carbocycles. The molecule has 6 heteroatoms. The quantitative estimate of drug-likeness (QED) is 0.880. The van der Waals surface area contributed by atoms with Gasteiger partial charge in [0.2, 0.25) is 0 Å². The van der Waals surface area contributed by atoms with Gasteiger partial charge in [-0.2, -0.15) is 0 Å². The number of pyridine rings is 1. The molecule has 1 N–H and O–H groups in total. The van der Waals surface area contributed by atoms with E-state index in [9.17, 15) is 9.59 Å². The Morgan fingerprint density at radius 3 is 2.83 bits per heavy atom. The maximum absolute atomic E-state index is 12.1. The molecule has 1 atom stereocenters. The van der Waals surface area contributed by atoms with Gasteiger partial charge in [-0.1, -0.05) is 6.92 Å². The van der Waals surface area contributed by atoms with E-state index in [1.54, 1.807) is 35.6 Å². The third-order valence-electron chi connectivity index (χ3n) is 2.76. The Hall–Kier alpha value is -2.37. The lowest BCUT2D eigenvalue weighted by molar-refractivity contribution is 0.0694. The first-order valence-corrected chi connectivity index (χ1v) is 5.57. The Morgan fingerprint density at radius 1 is 1.50 bits per heavy atom. The van der Waals surface area contributed by atoms with E-state index < -0.39 is 11.5 Å². The zero-order chi connectivity index (χ0) is 13.1. The van der Waals surface area contributed by atoms with Crippen LogP contribution in [0.5, 0.6) is 0 Å². The summed E-state index contributed by atoms with van der Waals surface area (Å²) in [6, 6.07) is 2.87. The van der Waals surface area contributed by atoms with Gasteiger partial charge in [0.1, 0.15) is 11.7 Å². The van der Waals surface area contributed by atoms with Crippen LogP contribution in [0, 0.1) is 0 Å². The minimum Gasteiger partial charge on any atom is -0.477 e. The van der Waals surface area contributed by atoms with Crippen LogP contribution in [-0.2, 0) is 0 Å². The summed E-state index contributed by atoms with van der Waals surface area (Å²) in [4.78, 5) is 26.9. The Bertz CT molecular complexity index is 601. The molecule has 0 aromatic carbocycles. The van der Waals surface area contributed by atoms with E-state index >= 15 is 0 Å². The van der Waals surface area contributed by atoms with Crippen LogP contribution in [0.4, 0.5) is 0 Å². The van der Waals surface area contributed by atoms with E-state index in [2.05, 4.69) is 4.98 Å². The van der Waals surface area contributed by atoms with Gasteiger partial charge in [-0.25, -0.2) is 9.78 Å². The molecule has 94 valence electrons. The first-order valence-electron chi connectivity index (χ1n) is 5.57. The Kier molecular flexibility index (Phi) is 3.27. The SMILES string of the molecule is CCC(n1ccnc1)n1cccc(C(=O)O)c1=O. The topological polar surface area (TPSA) is 77.1 Å². The fourth-order valence-electron chi connectivity index (χ4n) is 1.90. The molecule has 2 heterocycles. The van der Waals surface area contributed by atoms with Crippen LogP contribution in [0.25, 0.3) is 0 Å². The summed E-state index contributed by atoms with van der Waals surface area (Å²) in [5.74, 6) is -1.21. The van der Waals surface area contributed by atoms with Gasteiger partial charge in [0.15, 0.2) is 0 Å². The molecule has 0 bridgehead atoms. The van der Waals surface area contributed by atoms with Crippen molar-refractivity contribution in [2.45, 2.75) is 19.5 Å². The summed E-state index contributed by atoms with van der Waals surface area (Å²) in [6.45, 7) is 1.92. The van der Waals surface area contributed by atoms with Gasteiger partial charge in [-0.15, -0.1) is 0 Å². The summed E-state index contributed by atoms with van der Waals surface area (Å²) in [6.07, 6.45) is 6.94. The second-order valence-electron chi connectivity index (χ2n) is 3.84. The highest BCUT2D eigenvalue weighted by atomic mass is 16.4. The molecule has 6 nitrogen and oxygen atoms in total. The maximum Gasteiger partial charge on any atom is 0.341 e. The van der Waals surface area contributed by atoms with Gasteiger partial charge < -0.3 is 9.67 Å². The van der Waals surface area contributed by atoms with Crippen molar-refractivity contribution >= 4 is 5.97 Å². The highest BCUT2D eigenvalue weighted by Gasteiger charge is 2.16. The number of aromatic carboxylic acids is 1. The summed E-state index contributed by atoms with van der Waals surface area (Å²) in [7, 11) is 0. The van der Waals surface area contributed by atoms with Gasteiger partial charge in [0.25, 0.3) is 5.56 Å². The first-order chi connectivity index (χ1) is 8.65. The minimum atomic E-state index is -1.21. The average molecular weight is 247 g/mol. The fraction of sp³-hybridized carbons (Fsp3) is 0.250. The van der Waals surface area contributed by atoms with Crippen molar-refractivity contribution in [3.8, 4) is 0 Å². The van der Waals surface area contributed by atoms with Crippen molar-refractivity contribution in [2.24, 2.45) is 0 Å². The predicted octanol–water partition coefficient (Wildman–Crippen LogP) is 1.20. The molecule has 0 spiro atoms. The van der Waals surface area contributed by atoms with Gasteiger partial charge in [0, 0.05) is 18.6 Å². The summed E-state index contributed by atoms with van der Waals surface area (Å²) < 4.78 is 3.18. The van der Waals surface area contributed by atoms with Gasteiger partial charge in [-0.3, -0.25) is 9.36 Å². The van der Waals surface area contributed by atoms with Crippen LogP contribution in [0.1, 0.15) is 29.9 Å². The number of carboxylic acid groups (broad SMARTS) is 1. The predicted molar refractivity (Wildman–Crippen MR) is 64.6 cm³/mol. The smallest absolute Gasteiger partial charge is 0.341 e. The second kappa shape index (κ2) is 4.87. The largest absolute Gasteiger partial charge is 0.477 e. The fourth-order valence-corrected chi connectivity index (χ4v) is 1.90. The molecular formula is C12H13N3O3. The molecule has 2 rings (SSSR count). The van der Waals surface area contributed by atoms with Crippen molar-refractivity contribution in [3.63, 3.8) is 0 Å². The van der Waals surface area contributed by atoms with E-state index in [-0.39, 0.29) is 11.7 Å². The van der Waals surface area contributed by atoms with Gasteiger partial charge in [0.05, 0.1) is 6.33 Å². The van der Waals surface area contributed by atoms with E-state index in [1.165, 1.54) is 10.6 Å². The molecule has 0 radical (unpaired) electrons. The van der Waals surface area contributed by atoms with Crippen molar-refractivity contribution < 1.29 is 9.90 Å². The second-order valence-corrected chi connectivity index (χ2v) is 3.84. The summed E-state index contributed by atoms with van der Waals surface area (Å²) >= 11 is 0. The van der Waals surface area contributed by atoms with E-state index in [4.69, 9.17) is 5.11 Å². The normalized spacial score (nSPS) is 12.3. The van der Waals surface area contributed by atoms with Crippen molar-refractivity contribution in [1.29, 1.82) is 0 Å². The highest BCUT2D eigenvalue weighted by molar-refractivity contribution is 5.86. The van der Waals surface area contributed by atoms with Crippen LogP contribution in [-0.4, -0.2) is 25.2 Å². The molecule has 0 aliphatic heterocycles. The van der Waals surface area contributed by atoms with Crippen LogP contribution < -0.4 is 5.56 Å². The maximum atomic E-state index is 12.1. The number of nitrogens with zero attached hydrogens (tertiary/aromatic N) is 3. The number of carbonyl (C=O) groups is 1. The van der Waals surface area contributed by atoms with Crippen LogP contribution in [0.3, 0.4) is 0 Å². The van der Waals surface area contributed by atoms with Crippen LogP contribution in [0.15, 0.2) is 41.8 Å². The molecule has 0 amide bonds. The number of rotatable bonds is 4. The standard InChI is InChI=1S/C12H13N3O3/c1-2-10(14-7-5-13-8-14)15-6-3-4-9(11(15)16)12(17)18/h3-8,10H,2H2,1H3,(H,17,18). The molecule has 0 fully saturated rings. The number of aromatic nitrogens is 3. The lowest BCUT2D eigenvalue weighted by atomic mass is 10.2. The third kappa shape index (κ3) is 2.04. The monoisotopic (exact) mass is 247 g/mol. The van der Waals surface area contributed by atoms with Crippen molar-refractivity contribution in [1.82, 2.24) is 14.1 Å². The van der Waals surface area contributed by atoms with E-state index in [0.717, 1.165) is 0 Å². The lowest BCUT2D eigenvalue weighted by Gasteiger charge is -2.19. The molecule has 0 aliphatic carbocycles. The Balaban J connectivity index is 2.54. The number of carboxylic acids is 1. The number of hydrogen-bond acceptors (Lipinski definition) is 3. The lowest BCUT2D eigenvalue weighted by Crippen LogP contribution is -2.31. The molecule has 2 aromatic heterocycles. The molecule has 1 unspecified atom stereocenters. The average Bonchev–Trinajstić information content (AvgIpc) is 2.85. The zero-order valence-corrected chi connectivity index (χ0v) is 9.85. The molecular weight excluding hydrogens is 234 g/mol. The molecule has 0 saturated heterocycles. The van der Waals surface area contributed by atoms with Crippen LogP contribution in [0.2, 0.25) is 0 Å². The number of imidazole rings is 1. The summed E-state index contributed by atoms with van der Waals surface area (Å²) in [5.41, 5.74) is -0.735. The molecule has 2 aromatic rings. The molecule has 18 heavy (non-hydrogen) atoms. The van der Waals surface area contributed by atoms with Gasteiger partial charge in [-0.05, 0) is 18.6 Å². The Morgan fingerprint density at radius 2 is 2.28 bits per heavy atom. The van der Waals surface area contributed by atoms with E-state index in [0.29, 0.717) is 6.42 Å².